The number of hydrogen-bond acceptors (Lipinski definition) is 5. The Bertz CT molecular complexity index is 504. The van der Waals surface area contributed by atoms with Gasteiger partial charge in [0.15, 0.2) is 0 Å². The topological polar surface area (TPSA) is 73.1 Å². The van der Waals surface area contributed by atoms with Gasteiger partial charge >= 0.3 is 6.18 Å². The van der Waals surface area contributed by atoms with Crippen molar-refractivity contribution in [2.45, 2.75) is 37.6 Å². The Morgan fingerprint density at radius 3 is 2.65 bits per heavy atom. The number of aromatic nitrogens is 2. The first-order valence-electron chi connectivity index (χ1n) is 6.53. The van der Waals surface area contributed by atoms with E-state index in [-0.39, 0.29) is 23.8 Å². The second-order valence-electron chi connectivity index (χ2n) is 5.21. The van der Waals surface area contributed by atoms with E-state index in [2.05, 4.69) is 15.3 Å². The second-order valence-corrected chi connectivity index (χ2v) is 5.21. The molecule has 5 nitrogen and oxygen atoms in total. The highest BCUT2D eigenvalue weighted by molar-refractivity contribution is 5.46. The zero-order valence-electron chi connectivity index (χ0n) is 10.7. The lowest BCUT2D eigenvalue weighted by Gasteiger charge is -2.20. The minimum atomic E-state index is -4.60. The first-order valence-corrected chi connectivity index (χ1v) is 6.53. The summed E-state index contributed by atoms with van der Waals surface area (Å²) in [7, 11) is 0. The first-order chi connectivity index (χ1) is 9.43. The Morgan fingerprint density at radius 2 is 2.00 bits per heavy atom. The largest absolute Gasteiger partial charge is 0.451 e. The van der Waals surface area contributed by atoms with E-state index < -0.39 is 12.0 Å². The molecule has 1 saturated carbocycles. The zero-order chi connectivity index (χ0) is 14.3. The highest BCUT2D eigenvalue weighted by atomic mass is 19.4. The van der Waals surface area contributed by atoms with Crippen LogP contribution in [0.4, 0.5) is 24.8 Å². The molecular weight excluding hydrogens is 273 g/mol. The minimum absolute atomic E-state index is 0.0158. The number of nitrogen functional groups attached to an aromatic ring is 1. The van der Waals surface area contributed by atoms with Crippen LogP contribution in [0.3, 0.4) is 0 Å². The number of anilines is 2. The van der Waals surface area contributed by atoms with Crippen molar-refractivity contribution in [3.63, 3.8) is 0 Å². The third-order valence-corrected chi connectivity index (χ3v) is 3.56. The SMILES string of the molecule is Nc1cc(NC2CCOC2C2CC2)nc(C(F)(F)F)n1. The molecule has 110 valence electrons. The van der Waals surface area contributed by atoms with Crippen LogP contribution >= 0.6 is 0 Å². The molecule has 0 aromatic carbocycles. The van der Waals surface area contributed by atoms with Crippen molar-refractivity contribution in [3.05, 3.63) is 11.9 Å². The van der Waals surface area contributed by atoms with Crippen LogP contribution in [0, 0.1) is 5.92 Å². The third kappa shape index (κ3) is 2.79. The molecule has 1 aromatic rings. The molecule has 0 spiro atoms. The molecule has 2 atom stereocenters. The fourth-order valence-electron chi connectivity index (χ4n) is 2.51. The van der Waals surface area contributed by atoms with Crippen molar-refractivity contribution in [2.75, 3.05) is 17.7 Å². The molecule has 2 heterocycles. The van der Waals surface area contributed by atoms with E-state index in [0.717, 1.165) is 19.3 Å². The van der Waals surface area contributed by atoms with E-state index in [4.69, 9.17) is 10.5 Å². The Balaban J connectivity index is 1.78. The maximum Gasteiger partial charge on any atom is 0.451 e. The Labute approximate surface area is 113 Å². The molecular formula is C12H15F3N4O. The highest BCUT2D eigenvalue weighted by Crippen LogP contribution is 2.39. The van der Waals surface area contributed by atoms with Gasteiger partial charge in [-0.1, -0.05) is 0 Å². The molecule has 1 aliphatic heterocycles. The van der Waals surface area contributed by atoms with Crippen LogP contribution in [-0.2, 0) is 10.9 Å². The highest BCUT2D eigenvalue weighted by Gasteiger charge is 2.41. The number of hydrogen-bond donors (Lipinski definition) is 2. The average Bonchev–Trinajstić information content (AvgIpc) is 3.09. The molecule has 20 heavy (non-hydrogen) atoms. The molecule has 1 aromatic heterocycles. The van der Waals surface area contributed by atoms with E-state index in [9.17, 15) is 13.2 Å². The molecule has 3 N–H and O–H groups in total. The first kappa shape index (κ1) is 13.4. The average molecular weight is 288 g/mol. The van der Waals surface area contributed by atoms with E-state index in [0.29, 0.717) is 12.5 Å². The van der Waals surface area contributed by atoms with Gasteiger partial charge < -0.3 is 15.8 Å². The van der Waals surface area contributed by atoms with Gasteiger partial charge in [0.25, 0.3) is 0 Å². The van der Waals surface area contributed by atoms with Crippen LogP contribution < -0.4 is 11.1 Å². The monoisotopic (exact) mass is 288 g/mol. The van der Waals surface area contributed by atoms with E-state index in [1.807, 2.05) is 0 Å². The fraction of sp³-hybridized carbons (Fsp3) is 0.667. The Kier molecular flexibility index (Phi) is 3.19. The smallest absolute Gasteiger partial charge is 0.384 e. The molecule has 0 radical (unpaired) electrons. The number of ether oxygens (including phenoxy) is 1. The van der Waals surface area contributed by atoms with Gasteiger partial charge in [-0.15, -0.1) is 0 Å². The van der Waals surface area contributed by atoms with Crippen LogP contribution in [0.25, 0.3) is 0 Å². The lowest BCUT2D eigenvalue weighted by Crippen LogP contribution is -2.31. The maximum atomic E-state index is 12.6. The summed E-state index contributed by atoms with van der Waals surface area (Å²) in [5, 5.41) is 3.01. The van der Waals surface area contributed by atoms with Gasteiger partial charge in [0.2, 0.25) is 5.82 Å². The van der Waals surface area contributed by atoms with Crippen LogP contribution in [0.1, 0.15) is 25.1 Å². The van der Waals surface area contributed by atoms with E-state index in [1.54, 1.807) is 0 Å². The van der Waals surface area contributed by atoms with Crippen LogP contribution in [0.15, 0.2) is 6.07 Å². The molecule has 3 rings (SSSR count). The van der Waals surface area contributed by atoms with Gasteiger partial charge in [-0.2, -0.15) is 13.2 Å². The van der Waals surface area contributed by atoms with Gasteiger partial charge in [-0.3, -0.25) is 0 Å². The summed E-state index contributed by atoms with van der Waals surface area (Å²) in [4.78, 5) is 6.72. The van der Waals surface area contributed by atoms with Crippen molar-refractivity contribution in [3.8, 4) is 0 Å². The second kappa shape index (κ2) is 4.76. The van der Waals surface area contributed by atoms with Crippen molar-refractivity contribution in [1.29, 1.82) is 0 Å². The summed E-state index contributed by atoms with van der Waals surface area (Å²) in [6.07, 6.45) is -1.56. The predicted octanol–water partition coefficient (Wildman–Crippen LogP) is 2.06. The lowest BCUT2D eigenvalue weighted by molar-refractivity contribution is -0.144. The summed E-state index contributed by atoms with van der Waals surface area (Å²) in [5.74, 6) is -0.805. The van der Waals surface area contributed by atoms with Crippen LogP contribution in [0.5, 0.6) is 0 Å². The summed E-state index contributed by atoms with van der Waals surface area (Å²) in [6.45, 7) is 0.617. The molecule has 1 saturated heterocycles. The summed E-state index contributed by atoms with van der Waals surface area (Å²) in [5.41, 5.74) is 5.41. The summed E-state index contributed by atoms with van der Waals surface area (Å²) < 4.78 is 43.6. The van der Waals surface area contributed by atoms with Crippen molar-refractivity contribution in [1.82, 2.24) is 9.97 Å². The van der Waals surface area contributed by atoms with Gasteiger partial charge in [0, 0.05) is 12.7 Å². The van der Waals surface area contributed by atoms with Crippen molar-refractivity contribution in [2.24, 2.45) is 5.92 Å². The van der Waals surface area contributed by atoms with Gasteiger partial charge in [0.1, 0.15) is 11.6 Å². The van der Waals surface area contributed by atoms with Crippen LogP contribution in [-0.4, -0.2) is 28.7 Å². The maximum absolute atomic E-state index is 12.6. The normalized spacial score (nSPS) is 26.8. The zero-order valence-corrected chi connectivity index (χ0v) is 10.7. The summed E-state index contributed by atoms with van der Waals surface area (Å²) in [6, 6.07) is 1.30. The molecule has 1 aliphatic carbocycles. The quantitative estimate of drug-likeness (QED) is 0.890. The molecule has 2 fully saturated rings. The number of nitrogens with one attached hydrogen (secondary N) is 1. The lowest BCUT2D eigenvalue weighted by atomic mass is 10.1. The Morgan fingerprint density at radius 1 is 1.25 bits per heavy atom. The van der Waals surface area contributed by atoms with Crippen LogP contribution in [0.2, 0.25) is 0 Å². The molecule has 2 aliphatic rings. The molecule has 0 bridgehead atoms. The summed E-state index contributed by atoms with van der Waals surface area (Å²) >= 11 is 0. The van der Waals surface area contributed by atoms with Crippen molar-refractivity contribution >= 4 is 11.6 Å². The minimum Gasteiger partial charge on any atom is -0.384 e. The fourth-order valence-corrected chi connectivity index (χ4v) is 2.51. The standard InChI is InChI=1S/C12H15F3N4O/c13-12(14,15)11-18-8(16)5-9(19-11)17-7-3-4-20-10(7)6-1-2-6/h5-7,10H,1-4H2,(H3,16,17,18,19). The van der Waals surface area contributed by atoms with Crippen molar-refractivity contribution < 1.29 is 17.9 Å². The van der Waals surface area contributed by atoms with E-state index >= 15 is 0 Å². The molecule has 8 heteroatoms. The number of alkyl halides is 3. The predicted molar refractivity (Wildman–Crippen MR) is 65.9 cm³/mol. The molecule has 2 unspecified atom stereocenters. The number of nitrogens with two attached hydrogens (primary N) is 1. The Hall–Kier alpha value is -1.57. The third-order valence-electron chi connectivity index (χ3n) is 3.56. The van der Waals surface area contributed by atoms with E-state index in [1.165, 1.54) is 6.07 Å². The number of rotatable bonds is 3. The van der Waals surface area contributed by atoms with Gasteiger partial charge in [0.05, 0.1) is 12.1 Å². The van der Waals surface area contributed by atoms with Gasteiger partial charge in [-0.25, -0.2) is 9.97 Å². The number of nitrogens with zero attached hydrogens (tertiary/aromatic N) is 2. The molecule has 0 amide bonds. The number of halogens is 3. The van der Waals surface area contributed by atoms with Gasteiger partial charge in [-0.05, 0) is 25.2 Å².